The Bertz CT molecular complexity index is 2530. The first-order chi connectivity index (χ1) is 22.3. The lowest BCUT2D eigenvalue weighted by Gasteiger charge is -2.15. The van der Waals surface area contributed by atoms with Crippen molar-refractivity contribution in [3.05, 3.63) is 157 Å². The molecule has 0 spiro atoms. The topological polar surface area (TPSA) is 18.1 Å². The van der Waals surface area contributed by atoms with Crippen LogP contribution in [0.1, 0.15) is 11.5 Å². The zero-order chi connectivity index (χ0) is 29.5. The Morgan fingerprint density at radius 2 is 1.38 bits per heavy atom. The minimum absolute atomic E-state index is 0.430. The molecule has 0 saturated heterocycles. The van der Waals surface area contributed by atoms with Gasteiger partial charge in [-0.1, -0.05) is 109 Å². The molecule has 2 unspecified atom stereocenters. The third-order valence-corrected chi connectivity index (χ3v) is 10.9. The SMILES string of the molecule is C1=CC2Sc3ccc(-c4cccc5oc6c(-n7c8ccccc8c8cc(-c9ccccc9)ccc87)cccc6c45)cc3C2C=C1. The van der Waals surface area contributed by atoms with Crippen LogP contribution in [-0.4, -0.2) is 9.82 Å². The zero-order valence-corrected chi connectivity index (χ0v) is 25.2. The van der Waals surface area contributed by atoms with Crippen molar-refractivity contribution < 1.29 is 4.42 Å². The fourth-order valence-electron chi connectivity index (χ4n) is 7.50. The summed E-state index contributed by atoms with van der Waals surface area (Å²) in [6.45, 7) is 0. The summed E-state index contributed by atoms with van der Waals surface area (Å²) < 4.78 is 9.17. The highest BCUT2D eigenvalue weighted by Crippen LogP contribution is 2.50. The molecule has 0 N–H and O–H groups in total. The summed E-state index contributed by atoms with van der Waals surface area (Å²) in [5.41, 5.74) is 11.5. The quantitative estimate of drug-likeness (QED) is 0.203. The molecule has 45 heavy (non-hydrogen) atoms. The second kappa shape index (κ2) is 9.62. The lowest BCUT2D eigenvalue weighted by Crippen LogP contribution is -2.06. The minimum atomic E-state index is 0.430. The molecule has 3 heterocycles. The largest absolute Gasteiger partial charge is 0.454 e. The number of para-hydroxylation sites is 2. The van der Waals surface area contributed by atoms with E-state index in [1.807, 2.05) is 11.8 Å². The summed E-state index contributed by atoms with van der Waals surface area (Å²) in [7, 11) is 0. The Hall–Kier alpha value is -5.25. The highest BCUT2D eigenvalue weighted by atomic mass is 32.2. The van der Waals surface area contributed by atoms with Crippen LogP contribution in [0.3, 0.4) is 0 Å². The van der Waals surface area contributed by atoms with Gasteiger partial charge in [0.15, 0.2) is 5.58 Å². The van der Waals surface area contributed by atoms with Crippen molar-refractivity contribution in [3.63, 3.8) is 0 Å². The van der Waals surface area contributed by atoms with Crippen LogP contribution in [0.2, 0.25) is 0 Å². The number of allylic oxidation sites excluding steroid dienone is 3. The molecule has 0 saturated carbocycles. The predicted molar refractivity (Wildman–Crippen MR) is 190 cm³/mol. The van der Waals surface area contributed by atoms with E-state index in [4.69, 9.17) is 4.42 Å². The van der Waals surface area contributed by atoms with Gasteiger partial charge in [-0.25, -0.2) is 0 Å². The Kier molecular flexibility index (Phi) is 5.37. The molecule has 0 radical (unpaired) electrons. The number of aromatic nitrogens is 1. The molecule has 2 atom stereocenters. The molecular formula is C42H27NOS. The Balaban J connectivity index is 1.19. The first-order valence-electron chi connectivity index (χ1n) is 15.5. The summed E-state index contributed by atoms with van der Waals surface area (Å²) in [6.07, 6.45) is 9.04. The monoisotopic (exact) mass is 593 g/mol. The zero-order valence-electron chi connectivity index (χ0n) is 24.4. The van der Waals surface area contributed by atoms with Crippen LogP contribution < -0.4 is 0 Å². The molecule has 2 aromatic heterocycles. The van der Waals surface area contributed by atoms with Gasteiger partial charge in [-0.3, -0.25) is 0 Å². The van der Waals surface area contributed by atoms with Crippen molar-refractivity contribution >= 4 is 55.5 Å². The molecule has 212 valence electrons. The molecule has 8 aromatic rings. The highest BCUT2D eigenvalue weighted by molar-refractivity contribution is 8.00. The Labute approximate surface area is 264 Å². The molecule has 0 amide bonds. The van der Waals surface area contributed by atoms with E-state index >= 15 is 0 Å². The first-order valence-corrected chi connectivity index (χ1v) is 16.4. The van der Waals surface area contributed by atoms with E-state index < -0.39 is 0 Å². The van der Waals surface area contributed by atoms with Gasteiger partial charge in [0.2, 0.25) is 0 Å². The highest BCUT2D eigenvalue weighted by Gasteiger charge is 2.31. The van der Waals surface area contributed by atoms with Crippen molar-refractivity contribution in [2.24, 2.45) is 0 Å². The van der Waals surface area contributed by atoms with Crippen molar-refractivity contribution in [3.8, 4) is 27.9 Å². The number of hydrogen-bond donors (Lipinski definition) is 0. The second-order valence-corrected chi connectivity index (χ2v) is 13.2. The number of rotatable bonds is 3. The molecule has 0 fully saturated rings. The van der Waals surface area contributed by atoms with Crippen molar-refractivity contribution in [2.75, 3.05) is 0 Å². The lowest BCUT2D eigenvalue weighted by molar-refractivity contribution is 0.666. The van der Waals surface area contributed by atoms with Crippen LogP contribution >= 0.6 is 11.8 Å². The van der Waals surface area contributed by atoms with Gasteiger partial charge in [-0.2, -0.15) is 0 Å². The van der Waals surface area contributed by atoms with E-state index in [0.29, 0.717) is 11.2 Å². The number of furan rings is 1. The Morgan fingerprint density at radius 3 is 2.33 bits per heavy atom. The van der Waals surface area contributed by atoms with Crippen molar-refractivity contribution in [1.82, 2.24) is 4.57 Å². The average molecular weight is 594 g/mol. The molecule has 1 aliphatic heterocycles. The van der Waals surface area contributed by atoms with E-state index in [1.54, 1.807) is 0 Å². The van der Waals surface area contributed by atoms with Crippen LogP contribution in [-0.2, 0) is 0 Å². The standard InChI is InChI=1S/C42H27NOS/c1-2-10-26(11-3-1)27-20-22-36-33(24-27)30-12-4-6-16-35(30)43(36)37-17-8-15-32-41-29(14-9-18-38(41)44-42(32)37)28-21-23-40-34(25-28)31-13-5-7-19-39(31)45-40/h1-25,31,39H. The average Bonchev–Trinajstić information content (AvgIpc) is 3.77. The van der Waals surface area contributed by atoms with E-state index in [-0.39, 0.29) is 0 Å². The molecule has 0 bridgehead atoms. The van der Waals surface area contributed by atoms with E-state index in [0.717, 1.165) is 22.2 Å². The number of thioether (sulfide) groups is 1. The molecule has 2 aliphatic rings. The summed E-state index contributed by atoms with van der Waals surface area (Å²) in [5, 5.41) is 5.27. The van der Waals surface area contributed by atoms with E-state index in [1.165, 1.54) is 59.9 Å². The second-order valence-electron chi connectivity index (χ2n) is 12.0. The lowest BCUT2D eigenvalue weighted by atomic mass is 9.89. The Morgan fingerprint density at radius 1 is 0.578 bits per heavy atom. The molecule has 2 nitrogen and oxygen atoms in total. The number of fused-ring (bicyclic) bond motifs is 9. The van der Waals surface area contributed by atoms with E-state index in [2.05, 4.69) is 156 Å². The van der Waals surface area contributed by atoms with Crippen LogP contribution in [0.4, 0.5) is 0 Å². The number of benzene rings is 6. The third kappa shape index (κ3) is 3.71. The smallest absolute Gasteiger partial charge is 0.159 e. The van der Waals surface area contributed by atoms with Crippen LogP contribution in [0.15, 0.2) is 161 Å². The van der Waals surface area contributed by atoms with Crippen molar-refractivity contribution in [1.29, 1.82) is 0 Å². The fourth-order valence-corrected chi connectivity index (χ4v) is 8.83. The maximum absolute atomic E-state index is 6.79. The van der Waals surface area contributed by atoms with Gasteiger partial charge in [0.05, 0.1) is 16.7 Å². The first kappa shape index (κ1) is 25.1. The molecule has 10 rings (SSSR count). The van der Waals surface area contributed by atoms with Gasteiger partial charge in [-0.05, 0) is 70.3 Å². The summed E-state index contributed by atoms with van der Waals surface area (Å²) in [6, 6.07) is 46.2. The van der Waals surface area contributed by atoms with Crippen LogP contribution in [0, 0.1) is 0 Å². The summed E-state index contributed by atoms with van der Waals surface area (Å²) in [4.78, 5) is 1.39. The number of nitrogens with zero attached hydrogens (tertiary/aromatic N) is 1. The fraction of sp³-hybridized carbons (Fsp3) is 0.0476. The van der Waals surface area contributed by atoms with Crippen LogP contribution in [0.25, 0.3) is 71.7 Å². The minimum Gasteiger partial charge on any atom is -0.454 e. The molecular weight excluding hydrogens is 567 g/mol. The summed E-state index contributed by atoms with van der Waals surface area (Å²) in [5.74, 6) is 0.430. The van der Waals surface area contributed by atoms with Gasteiger partial charge < -0.3 is 8.98 Å². The maximum Gasteiger partial charge on any atom is 0.159 e. The third-order valence-electron chi connectivity index (χ3n) is 9.55. The van der Waals surface area contributed by atoms with Crippen molar-refractivity contribution in [2.45, 2.75) is 16.1 Å². The molecule has 3 heteroatoms. The van der Waals surface area contributed by atoms with Gasteiger partial charge in [-0.15, -0.1) is 11.8 Å². The maximum atomic E-state index is 6.79. The van der Waals surface area contributed by atoms with Crippen LogP contribution in [0.5, 0.6) is 0 Å². The van der Waals surface area contributed by atoms with Gasteiger partial charge in [0.1, 0.15) is 5.58 Å². The van der Waals surface area contributed by atoms with Gasteiger partial charge in [0, 0.05) is 37.6 Å². The predicted octanol–water partition coefficient (Wildman–Crippen LogP) is 11.7. The number of hydrogen-bond acceptors (Lipinski definition) is 2. The van der Waals surface area contributed by atoms with Gasteiger partial charge in [0.25, 0.3) is 0 Å². The molecule has 6 aromatic carbocycles. The summed E-state index contributed by atoms with van der Waals surface area (Å²) >= 11 is 1.97. The van der Waals surface area contributed by atoms with Gasteiger partial charge >= 0.3 is 0 Å². The van der Waals surface area contributed by atoms with E-state index in [9.17, 15) is 0 Å². The normalized spacial score (nSPS) is 17.1. The molecule has 1 aliphatic carbocycles.